The maximum absolute atomic E-state index is 3.71. The van der Waals surface area contributed by atoms with Crippen molar-refractivity contribution in [3.8, 4) is 0 Å². The largest absolute Gasteiger partial charge is 0.314 e. The highest BCUT2D eigenvalue weighted by molar-refractivity contribution is 4.85. The van der Waals surface area contributed by atoms with E-state index in [-0.39, 0.29) is 0 Å². The minimum absolute atomic E-state index is 0.771. The topological polar surface area (TPSA) is 18.5 Å². The average Bonchev–Trinajstić information content (AvgIpc) is 2.42. The van der Waals surface area contributed by atoms with Gasteiger partial charge in [-0.15, -0.1) is 0 Å². The lowest BCUT2D eigenvalue weighted by molar-refractivity contribution is 0.109. The van der Waals surface area contributed by atoms with Crippen LogP contribution in [0.2, 0.25) is 0 Å². The molecule has 1 N–H and O–H groups in total. The Hall–Kier alpha value is -0.120. The summed E-state index contributed by atoms with van der Waals surface area (Å²) in [6.45, 7) is 7.21. The predicted octanol–water partition coefficient (Wildman–Crippen LogP) is 2.18. The van der Waals surface area contributed by atoms with Gasteiger partial charge in [0.05, 0.1) is 0 Å². The Bertz CT molecular complexity index is 246. The summed E-state index contributed by atoms with van der Waals surface area (Å²) in [6, 6.07) is 1.59. The summed E-state index contributed by atoms with van der Waals surface area (Å²) in [4.78, 5) is 5.12. The average molecular weight is 267 g/mol. The van der Waals surface area contributed by atoms with Gasteiger partial charge in [0.2, 0.25) is 0 Å². The predicted molar refractivity (Wildman–Crippen MR) is 82.6 cm³/mol. The zero-order chi connectivity index (χ0) is 13.7. The quantitative estimate of drug-likeness (QED) is 0.824. The first-order chi connectivity index (χ1) is 9.20. The van der Waals surface area contributed by atoms with E-state index in [0.29, 0.717) is 0 Å². The molecule has 1 aliphatic heterocycles. The summed E-state index contributed by atoms with van der Waals surface area (Å²) in [5.41, 5.74) is 0. The van der Waals surface area contributed by atoms with Crippen LogP contribution < -0.4 is 5.32 Å². The number of nitrogens with one attached hydrogen (secondary N) is 1. The molecule has 2 aliphatic rings. The van der Waals surface area contributed by atoms with Gasteiger partial charge in [-0.1, -0.05) is 19.8 Å². The summed E-state index contributed by atoms with van der Waals surface area (Å²) < 4.78 is 0. The van der Waals surface area contributed by atoms with Crippen LogP contribution >= 0.6 is 0 Å². The Balaban J connectivity index is 1.80. The fourth-order valence-electron chi connectivity index (χ4n) is 3.91. The molecule has 19 heavy (non-hydrogen) atoms. The monoisotopic (exact) mass is 267 g/mol. The van der Waals surface area contributed by atoms with E-state index in [1.165, 1.54) is 58.2 Å². The third-order valence-corrected chi connectivity index (χ3v) is 5.21. The van der Waals surface area contributed by atoms with Crippen LogP contribution in [0.1, 0.15) is 45.4 Å². The second kappa shape index (κ2) is 7.61. The highest BCUT2D eigenvalue weighted by Gasteiger charge is 2.28. The molecule has 1 aliphatic carbocycles. The molecule has 0 amide bonds. The number of nitrogens with zero attached hydrogens (tertiary/aromatic N) is 2. The minimum Gasteiger partial charge on any atom is -0.314 e. The minimum atomic E-state index is 0.771. The van der Waals surface area contributed by atoms with Crippen molar-refractivity contribution in [2.45, 2.75) is 57.5 Å². The van der Waals surface area contributed by atoms with Gasteiger partial charge in [0.15, 0.2) is 0 Å². The van der Waals surface area contributed by atoms with Gasteiger partial charge < -0.3 is 15.1 Å². The van der Waals surface area contributed by atoms with Gasteiger partial charge in [0, 0.05) is 18.6 Å². The summed E-state index contributed by atoms with van der Waals surface area (Å²) in [5.74, 6) is 0.873. The van der Waals surface area contributed by atoms with Gasteiger partial charge in [-0.25, -0.2) is 0 Å². The maximum Gasteiger partial charge on any atom is 0.0117 e. The number of hydrogen-bond acceptors (Lipinski definition) is 3. The molecule has 3 heteroatoms. The van der Waals surface area contributed by atoms with E-state index in [2.05, 4.69) is 36.1 Å². The van der Waals surface area contributed by atoms with Gasteiger partial charge >= 0.3 is 0 Å². The van der Waals surface area contributed by atoms with Crippen LogP contribution in [0, 0.1) is 5.92 Å². The van der Waals surface area contributed by atoms with Gasteiger partial charge in [-0.2, -0.15) is 0 Å². The molecule has 1 saturated carbocycles. The first-order valence-electron chi connectivity index (χ1n) is 8.33. The van der Waals surface area contributed by atoms with Crippen LogP contribution in [0.25, 0.3) is 0 Å². The second-order valence-corrected chi connectivity index (χ2v) is 6.68. The maximum atomic E-state index is 3.71. The zero-order valence-corrected chi connectivity index (χ0v) is 13.2. The molecule has 1 saturated heterocycles. The van der Waals surface area contributed by atoms with Crippen molar-refractivity contribution >= 4 is 0 Å². The summed E-state index contributed by atoms with van der Waals surface area (Å²) in [5, 5.41) is 3.71. The number of likely N-dealkylation sites (tertiary alicyclic amines) is 1. The lowest BCUT2D eigenvalue weighted by Gasteiger charge is -2.40. The molecule has 1 heterocycles. The molecule has 2 fully saturated rings. The number of rotatable bonds is 5. The molecule has 0 aromatic carbocycles. The van der Waals surface area contributed by atoms with Crippen molar-refractivity contribution in [1.29, 1.82) is 0 Å². The second-order valence-electron chi connectivity index (χ2n) is 6.68. The summed E-state index contributed by atoms with van der Waals surface area (Å²) in [7, 11) is 4.60. The third-order valence-electron chi connectivity index (χ3n) is 5.21. The lowest BCUT2D eigenvalue weighted by Crippen LogP contribution is -2.48. The molecule has 112 valence electrons. The first kappa shape index (κ1) is 15.3. The van der Waals surface area contributed by atoms with Crippen molar-refractivity contribution in [1.82, 2.24) is 15.1 Å². The normalized spacial score (nSPS) is 30.9. The van der Waals surface area contributed by atoms with Crippen molar-refractivity contribution in [3.05, 3.63) is 0 Å². The molecule has 2 unspecified atom stereocenters. The van der Waals surface area contributed by atoms with E-state index in [9.17, 15) is 0 Å². The van der Waals surface area contributed by atoms with E-state index in [1.807, 2.05) is 0 Å². The fourth-order valence-corrected chi connectivity index (χ4v) is 3.91. The van der Waals surface area contributed by atoms with Crippen LogP contribution in [-0.2, 0) is 0 Å². The van der Waals surface area contributed by atoms with Gasteiger partial charge in [-0.3, -0.25) is 0 Å². The molecule has 3 nitrogen and oxygen atoms in total. The van der Waals surface area contributed by atoms with Gasteiger partial charge in [-0.05, 0) is 65.3 Å². The van der Waals surface area contributed by atoms with Crippen molar-refractivity contribution in [2.24, 2.45) is 5.92 Å². The molecule has 0 aromatic rings. The molecular weight excluding hydrogens is 234 g/mol. The standard InChI is InChI=1S/C16H33N3/c1-4-17-16-8-6-5-7-14(16)13-19(3)15-9-11-18(2)12-10-15/h14-17H,4-13H2,1-3H3. The van der Waals surface area contributed by atoms with Crippen molar-refractivity contribution < 1.29 is 0 Å². The molecule has 2 atom stereocenters. The Morgan fingerprint density at radius 1 is 1.11 bits per heavy atom. The van der Waals surface area contributed by atoms with Gasteiger partial charge in [0.1, 0.15) is 0 Å². The lowest BCUT2D eigenvalue weighted by atomic mass is 9.83. The zero-order valence-electron chi connectivity index (χ0n) is 13.2. The van der Waals surface area contributed by atoms with Crippen molar-refractivity contribution in [3.63, 3.8) is 0 Å². The third kappa shape index (κ3) is 4.44. The van der Waals surface area contributed by atoms with Gasteiger partial charge in [0.25, 0.3) is 0 Å². The first-order valence-corrected chi connectivity index (χ1v) is 8.33. The molecule has 0 spiro atoms. The van der Waals surface area contributed by atoms with Crippen LogP contribution in [-0.4, -0.2) is 62.2 Å². The Kier molecular flexibility index (Phi) is 6.11. The Morgan fingerprint density at radius 3 is 2.47 bits per heavy atom. The van der Waals surface area contributed by atoms with Crippen molar-refractivity contribution in [2.75, 3.05) is 40.3 Å². The summed E-state index contributed by atoms with van der Waals surface area (Å²) >= 11 is 0. The highest BCUT2D eigenvalue weighted by Crippen LogP contribution is 2.26. The van der Waals surface area contributed by atoms with E-state index in [0.717, 1.165) is 24.5 Å². The smallest absolute Gasteiger partial charge is 0.0117 e. The molecular formula is C16H33N3. The van der Waals surface area contributed by atoms with Crippen LogP contribution in [0.3, 0.4) is 0 Å². The van der Waals surface area contributed by atoms with Crippen LogP contribution in [0.4, 0.5) is 0 Å². The fraction of sp³-hybridized carbons (Fsp3) is 1.00. The Labute approximate surface area is 119 Å². The Morgan fingerprint density at radius 2 is 1.79 bits per heavy atom. The van der Waals surface area contributed by atoms with Crippen LogP contribution in [0.5, 0.6) is 0 Å². The van der Waals surface area contributed by atoms with E-state index in [1.54, 1.807) is 0 Å². The SMILES string of the molecule is CCNC1CCCCC1CN(C)C1CCN(C)CC1. The van der Waals surface area contributed by atoms with E-state index < -0.39 is 0 Å². The number of hydrogen-bond donors (Lipinski definition) is 1. The van der Waals surface area contributed by atoms with Crippen LogP contribution in [0.15, 0.2) is 0 Å². The van der Waals surface area contributed by atoms with E-state index in [4.69, 9.17) is 0 Å². The molecule has 2 rings (SSSR count). The van der Waals surface area contributed by atoms with E-state index >= 15 is 0 Å². The molecule has 0 aromatic heterocycles. The summed E-state index contributed by atoms with van der Waals surface area (Å²) in [6.07, 6.45) is 8.38. The molecule has 0 radical (unpaired) electrons. The number of piperidine rings is 1. The molecule has 0 bridgehead atoms. The highest BCUT2D eigenvalue weighted by atomic mass is 15.2.